The number of nitrogens with one attached hydrogen (secondary N) is 1. The number of hydrogen-bond acceptors (Lipinski definition) is 4. The second-order valence-corrected chi connectivity index (χ2v) is 8.52. The Kier molecular flexibility index (Phi) is 8.12. The lowest BCUT2D eigenvalue weighted by atomic mass is 10.0. The molecular weight excluding hydrogens is 410 g/mol. The minimum absolute atomic E-state index is 0.0307. The molecule has 0 unspecified atom stereocenters. The lowest BCUT2D eigenvalue weighted by Crippen LogP contribution is -2.52. The number of nitrogens with zero attached hydrogens (tertiary/aromatic N) is 2. The smallest absolute Gasteiger partial charge is 0.246 e. The molecule has 1 heterocycles. The van der Waals surface area contributed by atoms with Gasteiger partial charge in [0.25, 0.3) is 0 Å². The molecule has 1 aliphatic rings. The van der Waals surface area contributed by atoms with Crippen LogP contribution in [0.3, 0.4) is 0 Å². The van der Waals surface area contributed by atoms with E-state index in [1.165, 1.54) is 5.69 Å². The summed E-state index contributed by atoms with van der Waals surface area (Å²) in [5, 5.41) is 3.06. The van der Waals surface area contributed by atoms with Crippen LogP contribution < -0.4 is 10.2 Å². The van der Waals surface area contributed by atoms with Crippen LogP contribution in [0.1, 0.15) is 24.2 Å². The standard InChI is InChI=1S/C28H33N3O2/c1-23(30-17-19-31(20-18-30)26-15-9-4-10-16-26)21-29-27(32)22-33-28(24-11-5-2-6-12-24)25-13-7-3-8-14-25/h2-16,23,28H,17-22H2,1H3,(H,29,32)/t23-/m1/s1. The van der Waals surface area contributed by atoms with Crippen LogP contribution in [-0.2, 0) is 9.53 Å². The summed E-state index contributed by atoms with van der Waals surface area (Å²) in [5.74, 6) is -0.0818. The molecule has 4 rings (SSSR count). The molecule has 3 aromatic rings. The quantitative estimate of drug-likeness (QED) is 0.540. The van der Waals surface area contributed by atoms with Crippen molar-refractivity contribution in [3.63, 3.8) is 0 Å². The summed E-state index contributed by atoms with van der Waals surface area (Å²) in [4.78, 5) is 17.4. The van der Waals surface area contributed by atoms with E-state index in [0.717, 1.165) is 37.3 Å². The lowest BCUT2D eigenvalue weighted by molar-refractivity contribution is -0.127. The van der Waals surface area contributed by atoms with Gasteiger partial charge in [-0.15, -0.1) is 0 Å². The molecular formula is C28H33N3O2. The third-order valence-corrected chi connectivity index (χ3v) is 6.24. The Labute approximate surface area is 197 Å². The lowest BCUT2D eigenvalue weighted by Gasteiger charge is -2.39. The SMILES string of the molecule is C[C@H](CNC(=O)COC(c1ccccc1)c1ccccc1)N1CCN(c2ccccc2)CC1. The van der Waals surface area contributed by atoms with Crippen molar-refractivity contribution in [2.24, 2.45) is 0 Å². The van der Waals surface area contributed by atoms with Crippen molar-refractivity contribution >= 4 is 11.6 Å². The van der Waals surface area contributed by atoms with Gasteiger partial charge in [-0.3, -0.25) is 9.69 Å². The van der Waals surface area contributed by atoms with E-state index in [1.54, 1.807) is 0 Å². The predicted molar refractivity (Wildman–Crippen MR) is 133 cm³/mol. The van der Waals surface area contributed by atoms with Crippen molar-refractivity contribution < 1.29 is 9.53 Å². The van der Waals surface area contributed by atoms with Crippen LogP contribution >= 0.6 is 0 Å². The summed E-state index contributed by atoms with van der Waals surface area (Å²) in [6.07, 6.45) is -0.262. The fourth-order valence-electron chi connectivity index (χ4n) is 4.30. The van der Waals surface area contributed by atoms with Gasteiger partial charge in [-0.2, -0.15) is 0 Å². The molecule has 33 heavy (non-hydrogen) atoms. The van der Waals surface area contributed by atoms with Gasteiger partial charge in [0.05, 0.1) is 0 Å². The summed E-state index contributed by atoms with van der Waals surface area (Å²) in [7, 11) is 0. The highest BCUT2D eigenvalue weighted by atomic mass is 16.5. The second-order valence-electron chi connectivity index (χ2n) is 8.52. The number of para-hydroxylation sites is 1. The van der Waals surface area contributed by atoms with Crippen molar-refractivity contribution in [3.05, 3.63) is 102 Å². The zero-order valence-corrected chi connectivity index (χ0v) is 19.3. The fraction of sp³-hybridized carbons (Fsp3) is 0.321. The Bertz CT molecular complexity index is 934. The first-order valence-electron chi connectivity index (χ1n) is 11.7. The van der Waals surface area contributed by atoms with Gasteiger partial charge in [-0.25, -0.2) is 0 Å². The van der Waals surface area contributed by atoms with E-state index < -0.39 is 0 Å². The van der Waals surface area contributed by atoms with Gasteiger partial charge in [0.2, 0.25) is 5.91 Å². The van der Waals surface area contributed by atoms with Crippen molar-refractivity contribution in [1.82, 2.24) is 10.2 Å². The molecule has 0 saturated carbocycles. The molecule has 5 nitrogen and oxygen atoms in total. The van der Waals surface area contributed by atoms with E-state index in [0.29, 0.717) is 6.54 Å². The number of rotatable bonds is 9. The summed E-state index contributed by atoms with van der Waals surface area (Å²) in [6, 6.07) is 30.9. The number of carbonyl (C=O) groups is 1. The average Bonchev–Trinajstić information content (AvgIpc) is 2.89. The van der Waals surface area contributed by atoms with Crippen LogP contribution in [-0.4, -0.2) is 56.2 Å². The molecule has 3 aromatic carbocycles. The van der Waals surface area contributed by atoms with Crippen molar-refractivity contribution in [2.45, 2.75) is 19.1 Å². The summed E-state index contributed by atoms with van der Waals surface area (Å²) >= 11 is 0. The largest absolute Gasteiger partial charge is 0.369 e. The number of anilines is 1. The monoisotopic (exact) mass is 443 g/mol. The number of amides is 1. The molecule has 1 saturated heterocycles. The Morgan fingerprint density at radius 3 is 1.88 bits per heavy atom. The number of piperazine rings is 1. The molecule has 0 spiro atoms. The number of carbonyl (C=O) groups excluding carboxylic acids is 1. The molecule has 1 atom stereocenters. The first-order valence-corrected chi connectivity index (χ1v) is 11.7. The Morgan fingerprint density at radius 1 is 0.818 bits per heavy atom. The third kappa shape index (κ3) is 6.44. The molecule has 0 bridgehead atoms. The molecule has 0 radical (unpaired) electrons. The van der Waals surface area contributed by atoms with Gasteiger partial charge < -0.3 is 15.0 Å². The highest BCUT2D eigenvalue weighted by Gasteiger charge is 2.22. The zero-order chi connectivity index (χ0) is 22.9. The molecule has 1 fully saturated rings. The molecule has 0 aliphatic carbocycles. The second kappa shape index (κ2) is 11.6. The van der Waals surface area contributed by atoms with E-state index in [-0.39, 0.29) is 24.7 Å². The predicted octanol–water partition coefficient (Wildman–Crippen LogP) is 4.12. The van der Waals surface area contributed by atoms with Gasteiger partial charge in [0.1, 0.15) is 12.7 Å². The van der Waals surface area contributed by atoms with Crippen molar-refractivity contribution in [3.8, 4) is 0 Å². The Balaban J connectivity index is 1.24. The van der Waals surface area contributed by atoms with Crippen molar-refractivity contribution in [2.75, 3.05) is 44.2 Å². The van der Waals surface area contributed by atoms with Gasteiger partial charge in [-0.1, -0.05) is 78.9 Å². The molecule has 172 valence electrons. The highest BCUT2D eigenvalue weighted by molar-refractivity contribution is 5.77. The number of benzene rings is 3. The van der Waals surface area contributed by atoms with Crippen LogP contribution in [0, 0.1) is 0 Å². The van der Waals surface area contributed by atoms with Crippen LogP contribution in [0.4, 0.5) is 5.69 Å². The molecule has 1 N–H and O–H groups in total. The van der Waals surface area contributed by atoms with Crippen molar-refractivity contribution in [1.29, 1.82) is 0 Å². The molecule has 5 heteroatoms. The van der Waals surface area contributed by atoms with E-state index in [1.807, 2.05) is 60.7 Å². The summed E-state index contributed by atoms with van der Waals surface area (Å²) in [6.45, 7) is 6.81. The minimum Gasteiger partial charge on any atom is -0.369 e. The Morgan fingerprint density at radius 2 is 1.33 bits per heavy atom. The van der Waals surface area contributed by atoms with Crippen LogP contribution in [0.25, 0.3) is 0 Å². The van der Waals surface area contributed by atoms with Crippen LogP contribution in [0.2, 0.25) is 0 Å². The number of hydrogen-bond donors (Lipinski definition) is 1. The first kappa shape index (κ1) is 23.0. The maximum atomic E-state index is 12.6. The normalized spacial score (nSPS) is 15.4. The fourth-order valence-corrected chi connectivity index (χ4v) is 4.30. The average molecular weight is 444 g/mol. The number of ether oxygens (including phenoxy) is 1. The van der Waals surface area contributed by atoms with E-state index in [9.17, 15) is 4.79 Å². The summed E-state index contributed by atoms with van der Waals surface area (Å²) in [5.41, 5.74) is 3.36. The van der Waals surface area contributed by atoms with E-state index >= 15 is 0 Å². The first-order chi connectivity index (χ1) is 16.2. The molecule has 0 aromatic heterocycles. The zero-order valence-electron chi connectivity index (χ0n) is 19.3. The minimum atomic E-state index is -0.262. The van der Waals surface area contributed by atoms with Gasteiger partial charge in [0, 0.05) is 44.5 Å². The summed E-state index contributed by atoms with van der Waals surface area (Å²) < 4.78 is 6.08. The molecule has 1 aliphatic heterocycles. The molecule has 1 amide bonds. The van der Waals surface area contributed by atoms with E-state index in [4.69, 9.17) is 4.74 Å². The van der Waals surface area contributed by atoms with Crippen LogP contribution in [0.15, 0.2) is 91.0 Å². The third-order valence-electron chi connectivity index (χ3n) is 6.24. The Hall–Kier alpha value is -3.15. The maximum absolute atomic E-state index is 12.6. The van der Waals surface area contributed by atoms with Gasteiger partial charge >= 0.3 is 0 Å². The van der Waals surface area contributed by atoms with Crippen LogP contribution in [0.5, 0.6) is 0 Å². The topological polar surface area (TPSA) is 44.8 Å². The van der Waals surface area contributed by atoms with Gasteiger partial charge in [-0.05, 0) is 30.2 Å². The van der Waals surface area contributed by atoms with Gasteiger partial charge in [0.15, 0.2) is 0 Å². The van der Waals surface area contributed by atoms with E-state index in [2.05, 4.69) is 52.4 Å². The highest BCUT2D eigenvalue weighted by Crippen LogP contribution is 2.25. The maximum Gasteiger partial charge on any atom is 0.246 e.